The van der Waals surface area contributed by atoms with Crippen LogP contribution in [0.3, 0.4) is 0 Å². The molecule has 1 saturated heterocycles. The van der Waals surface area contributed by atoms with Crippen LogP contribution in [0.2, 0.25) is 0 Å². The van der Waals surface area contributed by atoms with Crippen LogP contribution in [-0.4, -0.2) is 52.2 Å². The standard InChI is InChI=1S/C15H17FN6O/c1-11(23)21-6-8-22(9-7-21)14-10-17-20-15(19-14)18-13-5-3-2-4-12(13)16/h2-5,10H,6-9H2,1H3,(H,18,19,20). The van der Waals surface area contributed by atoms with Gasteiger partial charge >= 0.3 is 0 Å². The highest BCUT2D eigenvalue weighted by Crippen LogP contribution is 2.19. The van der Waals surface area contributed by atoms with Gasteiger partial charge in [0.2, 0.25) is 11.9 Å². The van der Waals surface area contributed by atoms with Crippen molar-refractivity contribution < 1.29 is 9.18 Å². The summed E-state index contributed by atoms with van der Waals surface area (Å²) in [6.45, 7) is 4.22. The summed E-state index contributed by atoms with van der Waals surface area (Å²) in [6, 6.07) is 6.31. The van der Waals surface area contributed by atoms with Gasteiger partial charge < -0.3 is 15.1 Å². The number of carbonyl (C=O) groups is 1. The Morgan fingerprint density at radius 2 is 1.96 bits per heavy atom. The van der Waals surface area contributed by atoms with E-state index in [1.807, 2.05) is 4.90 Å². The number of para-hydroxylation sites is 1. The van der Waals surface area contributed by atoms with Crippen LogP contribution >= 0.6 is 0 Å². The van der Waals surface area contributed by atoms with Crippen molar-refractivity contribution in [1.29, 1.82) is 0 Å². The summed E-state index contributed by atoms with van der Waals surface area (Å²) in [5.74, 6) is 0.590. The zero-order chi connectivity index (χ0) is 16.2. The Bertz CT molecular complexity index is 702. The number of aromatic nitrogens is 3. The molecule has 7 nitrogen and oxygen atoms in total. The Morgan fingerprint density at radius 1 is 1.22 bits per heavy atom. The van der Waals surface area contributed by atoms with E-state index in [4.69, 9.17) is 0 Å². The van der Waals surface area contributed by atoms with E-state index in [1.165, 1.54) is 6.07 Å². The van der Waals surface area contributed by atoms with Gasteiger partial charge in [0, 0.05) is 33.1 Å². The van der Waals surface area contributed by atoms with Gasteiger partial charge in [0.25, 0.3) is 0 Å². The third-order valence-corrected chi connectivity index (χ3v) is 3.72. The lowest BCUT2D eigenvalue weighted by Gasteiger charge is -2.34. The van der Waals surface area contributed by atoms with Crippen LogP contribution in [0, 0.1) is 5.82 Å². The van der Waals surface area contributed by atoms with E-state index >= 15 is 0 Å². The molecule has 3 rings (SSSR count). The zero-order valence-corrected chi connectivity index (χ0v) is 12.7. The number of benzene rings is 1. The number of rotatable bonds is 3. The number of nitrogens with one attached hydrogen (secondary N) is 1. The van der Waals surface area contributed by atoms with Crippen LogP contribution in [0.5, 0.6) is 0 Å². The van der Waals surface area contributed by atoms with E-state index in [2.05, 4.69) is 20.5 Å². The molecule has 0 aliphatic carbocycles. The molecule has 0 unspecified atom stereocenters. The number of hydrogen-bond acceptors (Lipinski definition) is 6. The van der Waals surface area contributed by atoms with Gasteiger partial charge in [-0.3, -0.25) is 4.79 Å². The Kier molecular flexibility index (Phi) is 4.31. The molecular formula is C15H17FN6O. The molecule has 1 fully saturated rings. The van der Waals surface area contributed by atoms with Crippen molar-refractivity contribution in [2.24, 2.45) is 0 Å². The van der Waals surface area contributed by atoms with Gasteiger partial charge in [-0.1, -0.05) is 12.1 Å². The number of carbonyl (C=O) groups excluding carboxylic acids is 1. The second-order valence-electron chi connectivity index (χ2n) is 5.24. The maximum Gasteiger partial charge on any atom is 0.249 e. The Morgan fingerprint density at radius 3 is 2.65 bits per heavy atom. The number of anilines is 3. The first-order chi connectivity index (χ1) is 11.1. The minimum atomic E-state index is -0.378. The molecule has 2 heterocycles. The second kappa shape index (κ2) is 6.55. The minimum absolute atomic E-state index is 0.0763. The molecule has 0 bridgehead atoms. The quantitative estimate of drug-likeness (QED) is 0.923. The number of nitrogens with zero attached hydrogens (tertiary/aromatic N) is 5. The lowest BCUT2D eigenvalue weighted by Crippen LogP contribution is -2.48. The molecule has 1 amide bonds. The molecule has 23 heavy (non-hydrogen) atoms. The zero-order valence-electron chi connectivity index (χ0n) is 12.7. The van der Waals surface area contributed by atoms with Crippen LogP contribution in [0.1, 0.15) is 6.92 Å². The second-order valence-corrected chi connectivity index (χ2v) is 5.24. The smallest absolute Gasteiger partial charge is 0.249 e. The van der Waals surface area contributed by atoms with E-state index in [-0.39, 0.29) is 17.7 Å². The summed E-state index contributed by atoms with van der Waals surface area (Å²) < 4.78 is 13.7. The molecule has 2 aromatic rings. The molecular weight excluding hydrogens is 299 g/mol. The molecule has 0 saturated carbocycles. The van der Waals surface area contributed by atoms with Crippen molar-refractivity contribution in [3.63, 3.8) is 0 Å². The first-order valence-electron chi connectivity index (χ1n) is 7.35. The van der Waals surface area contributed by atoms with Crippen molar-refractivity contribution >= 4 is 23.4 Å². The van der Waals surface area contributed by atoms with E-state index in [0.717, 1.165) is 0 Å². The first-order valence-corrected chi connectivity index (χ1v) is 7.35. The highest BCUT2D eigenvalue weighted by atomic mass is 19.1. The molecule has 0 spiro atoms. The summed E-state index contributed by atoms with van der Waals surface area (Å²) in [6.07, 6.45) is 1.57. The Balaban J connectivity index is 1.71. The van der Waals surface area contributed by atoms with Gasteiger partial charge in [0.1, 0.15) is 5.82 Å². The highest BCUT2D eigenvalue weighted by Gasteiger charge is 2.20. The fraction of sp³-hybridized carbons (Fsp3) is 0.333. The molecule has 0 radical (unpaired) electrons. The van der Waals surface area contributed by atoms with Gasteiger partial charge in [0.15, 0.2) is 5.82 Å². The van der Waals surface area contributed by atoms with E-state index in [9.17, 15) is 9.18 Å². The maximum absolute atomic E-state index is 13.7. The van der Waals surface area contributed by atoms with E-state index in [0.29, 0.717) is 37.7 Å². The normalized spacial score (nSPS) is 14.7. The van der Waals surface area contributed by atoms with E-state index in [1.54, 1.807) is 36.2 Å². The Hall–Kier alpha value is -2.77. The summed E-state index contributed by atoms with van der Waals surface area (Å²) >= 11 is 0. The molecule has 1 aromatic carbocycles. The molecule has 1 aliphatic heterocycles. The molecule has 1 N–H and O–H groups in total. The highest BCUT2D eigenvalue weighted by molar-refractivity contribution is 5.73. The number of halogens is 1. The van der Waals surface area contributed by atoms with Gasteiger partial charge in [-0.05, 0) is 12.1 Å². The fourth-order valence-electron chi connectivity index (χ4n) is 2.43. The minimum Gasteiger partial charge on any atom is -0.352 e. The van der Waals surface area contributed by atoms with Crippen LogP contribution in [0.25, 0.3) is 0 Å². The van der Waals surface area contributed by atoms with Crippen molar-refractivity contribution in [3.05, 3.63) is 36.3 Å². The predicted molar refractivity (Wildman–Crippen MR) is 84.0 cm³/mol. The summed E-state index contributed by atoms with van der Waals surface area (Å²) in [7, 11) is 0. The van der Waals surface area contributed by atoms with Crippen molar-refractivity contribution in [1.82, 2.24) is 20.1 Å². The predicted octanol–water partition coefficient (Wildman–Crippen LogP) is 1.42. The number of amides is 1. The third-order valence-electron chi connectivity index (χ3n) is 3.72. The summed E-state index contributed by atoms with van der Waals surface area (Å²) in [5, 5.41) is 10.6. The first kappa shape index (κ1) is 15.1. The molecule has 1 aromatic heterocycles. The van der Waals surface area contributed by atoms with Gasteiger partial charge in [-0.2, -0.15) is 10.1 Å². The maximum atomic E-state index is 13.7. The number of piperazine rings is 1. The Labute approximate surface area is 133 Å². The van der Waals surface area contributed by atoms with Crippen molar-refractivity contribution in [2.75, 3.05) is 36.4 Å². The fourth-order valence-corrected chi connectivity index (χ4v) is 2.43. The van der Waals surface area contributed by atoms with Crippen molar-refractivity contribution in [3.8, 4) is 0 Å². The summed E-state index contributed by atoms with van der Waals surface area (Å²) in [4.78, 5) is 19.6. The van der Waals surface area contributed by atoms with Crippen LogP contribution in [0.15, 0.2) is 30.5 Å². The van der Waals surface area contributed by atoms with Gasteiger partial charge in [-0.25, -0.2) is 4.39 Å². The number of hydrogen-bond donors (Lipinski definition) is 1. The molecule has 0 atom stereocenters. The monoisotopic (exact) mass is 316 g/mol. The molecule has 8 heteroatoms. The lowest BCUT2D eigenvalue weighted by molar-refractivity contribution is -0.129. The lowest BCUT2D eigenvalue weighted by atomic mass is 10.3. The summed E-state index contributed by atoms with van der Waals surface area (Å²) in [5.41, 5.74) is 0.299. The van der Waals surface area contributed by atoms with Gasteiger partial charge in [-0.15, -0.1) is 5.10 Å². The van der Waals surface area contributed by atoms with Crippen LogP contribution in [-0.2, 0) is 4.79 Å². The van der Waals surface area contributed by atoms with E-state index < -0.39 is 0 Å². The van der Waals surface area contributed by atoms with Crippen LogP contribution < -0.4 is 10.2 Å². The average Bonchev–Trinajstić information content (AvgIpc) is 2.57. The SMILES string of the molecule is CC(=O)N1CCN(c2cnnc(Nc3ccccc3F)n2)CC1. The third kappa shape index (κ3) is 3.53. The molecule has 1 aliphatic rings. The van der Waals surface area contributed by atoms with Crippen LogP contribution in [0.4, 0.5) is 21.8 Å². The van der Waals surface area contributed by atoms with Gasteiger partial charge in [0.05, 0.1) is 11.9 Å². The molecule has 120 valence electrons. The average molecular weight is 316 g/mol. The topological polar surface area (TPSA) is 74.2 Å². The largest absolute Gasteiger partial charge is 0.352 e. The van der Waals surface area contributed by atoms with Crippen molar-refractivity contribution in [2.45, 2.75) is 6.92 Å².